The van der Waals surface area contributed by atoms with Gasteiger partial charge < -0.3 is 18.9 Å². The van der Waals surface area contributed by atoms with E-state index in [1.54, 1.807) is 0 Å². The average molecular weight is 707 g/mol. The van der Waals surface area contributed by atoms with Crippen molar-refractivity contribution in [3.8, 4) is 0 Å². The SMILES string of the molecule is C.COC(=O)CS(=O)(=O)N1CCC(OCc2ccccc2)CC1.COC(=O)Cl.CS(=O)(=O)N1CCC(OCc2ccccc2)CC1. The van der Waals surface area contributed by atoms with Crippen LogP contribution in [0.4, 0.5) is 4.79 Å². The van der Waals surface area contributed by atoms with E-state index >= 15 is 0 Å². The summed E-state index contributed by atoms with van der Waals surface area (Å²) in [4.78, 5) is 20.5. The van der Waals surface area contributed by atoms with Gasteiger partial charge in [-0.15, -0.1) is 0 Å². The van der Waals surface area contributed by atoms with Crippen molar-refractivity contribution in [1.29, 1.82) is 0 Å². The van der Waals surface area contributed by atoms with Crippen LogP contribution in [0.2, 0.25) is 0 Å². The van der Waals surface area contributed by atoms with E-state index in [4.69, 9.17) is 9.47 Å². The van der Waals surface area contributed by atoms with Crippen molar-refractivity contribution in [3.63, 3.8) is 0 Å². The maximum Gasteiger partial charge on any atom is 0.403 e. The number of halogens is 1. The molecular weight excluding hydrogens is 660 g/mol. The average Bonchev–Trinajstić information content (AvgIpc) is 3.04. The van der Waals surface area contributed by atoms with E-state index in [9.17, 15) is 26.4 Å². The van der Waals surface area contributed by atoms with E-state index < -0.39 is 37.2 Å². The van der Waals surface area contributed by atoms with Gasteiger partial charge in [0.25, 0.3) is 0 Å². The van der Waals surface area contributed by atoms with Crippen LogP contribution in [0.3, 0.4) is 0 Å². The predicted molar refractivity (Wildman–Crippen MR) is 177 cm³/mol. The first-order valence-corrected chi connectivity index (χ1v) is 18.2. The quantitative estimate of drug-likeness (QED) is 0.257. The molecule has 0 aliphatic carbocycles. The highest BCUT2D eigenvalue weighted by atomic mass is 35.5. The van der Waals surface area contributed by atoms with E-state index in [0.29, 0.717) is 52.2 Å². The maximum atomic E-state index is 12.0. The van der Waals surface area contributed by atoms with Crippen LogP contribution in [0.5, 0.6) is 0 Å². The molecule has 2 aromatic carbocycles. The van der Waals surface area contributed by atoms with E-state index in [1.807, 2.05) is 60.7 Å². The van der Waals surface area contributed by atoms with Gasteiger partial charge in [0.05, 0.1) is 45.9 Å². The molecule has 2 aliphatic rings. The van der Waals surface area contributed by atoms with Crippen LogP contribution in [0.15, 0.2) is 60.7 Å². The number of carbonyl (C=O) groups is 2. The number of methoxy groups -OCH3 is 2. The summed E-state index contributed by atoms with van der Waals surface area (Å²) in [5.74, 6) is -1.33. The highest BCUT2D eigenvalue weighted by molar-refractivity contribution is 7.89. The number of hydrogen-bond donors (Lipinski definition) is 0. The number of ether oxygens (including phenoxy) is 4. The van der Waals surface area contributed by atoms with Gasteiger partial charge in [-0.1, -0.05) is 68.1 Å². The fraction of sp³-hybridized carbons (Fsp3) is 0.548. The Kier molecular flexibility index (Phi) is 19.2. The van der Waals surface area contributed by atoms with Crippen LogP contribution >= 0.6 is 11.6 Å². The third-order valence-electron chi connectivity index (χ3n) is 7.01. The van der Waals surface area contributed by atoms with Crippen LogP contribution in [0.1, 0.15) is 44.2 Å². The van der Waals surface area contributed by atoms with Crippen LogP contribution in [0, 0.1) is 0 Å². The van der Waals surface area contributed by atoms with Gasteiger partial charge in [-0.3, -0.25) is 4.79 Å². The minimum atomic E-state index is -3.58. The van der Waals surface area contributed by atoms with Crippen LogP contribution in [-0.2, 0) is 57.0 Å². The van der Waals surface area contributed by atoms with Gasteiger partial charge in [0.15, 0.2) is 5.75 Å². The van der Waals surface area contributed by atoms with Gasteiger partial charge in [-0.05, 0) is 36.8 Å². The fourth-order valence-corrected chi connectivity index (χ4v) is 6.72. The third-order valence-corrected chi connectivity index (χ3v) is 10.2. The Morgan fingerprint density at radius 1 is 0.717 bits per heavy atom. The molecule has 0 amide bonds. The summed E-state index contributed by atoms with van der Waals surface area (Å²) in [6.07, 6.45) is 4.30. The minimum Gasteiger partial charge on any atom is -0.468 e. The number of sulfonamides is 2. The van der Waals surface area contributed by atoms with Gasteiger partial charge in [0.2, 0.25) is 20.0 Å². The normalized spacial score (nSPS) is 16.4. The number of piperidine rings is 2. The van der Waals surface area contributed by atoms with Crippen molar-refractivity contribution >= 4 is 43.0 Å². The highest BCUT2D eigenvalue weighted by Crippen LogP contribution is 2.19. The summed E-state index contributed by atoms with van der Waals surface area (Å²) >= 11 is 4.60. The zero-order valence-corrected chi connectivity index (χ0v) is 28.3. The molecule has 2 aromatic rings. The Balaban J connectivity index is 0.000000399. The van der Waals surface area contributed by atoms with Crippen molar-refractivity contribution in [1.82, 2.24) is 8.61 Å². The molecular formula is C31H47ClN2O10S2. The number of esters is 1. The van der Waals surface area contributed by atoms with Crippen LogP contribution < -0.4 is 0 Å². The maximum absolute atomic E-state index is 12.0. The smallest absolute Gasteiger partial charge is 0.403 e. The number of carbonyl (C=O) groups excluding carboxylic acids is 2. The zero-order valence-electron chi connectivity index (χ0n) is 25.9. The Morgan fingerprint density at radius 3 is 1.41 bits per heavy atom. The topological polar surface area (TPSA) is 146 Å². The van der Waals surface area contributed by atoms with E-state index in [0.717, 1.165) is 24.0 Å². The largest absolute Gasteiger partial charge is 0.468 e. The number of hydrogen-bond acceptors (Lipinski definition) is 10. The molecule has 0 radical (unpaired) electrons. The second kappa shape index (κ2) is 21.3. The second-order valence-corrected chi connectivity index (χ2v) is 14.6. The second-order valence-electron chi connectivity index (χ2n) is 10.3. The summed E-state index contributed by atoms with van der Waals surface area (Å²) in [6, 6.07) is 19.9. The van der Waals surface area contributed by atoms with Crippen molar-refractivity contribution in [2.75, 3.05) is 52.4 Å². The lowest BCUT2D eigenvalue weighted by Crippen LogP contribution is -2.43. The molecule has 0 saturated carbocycles. The summed E-state index contributed by atoms with van der Waals surface area (Å²) in [5.41, 5.74) is 1.48. The molecule has 2 aliphatic heterocycles. The lowest BCUT2D eigenvalue weighted by atomic mass is 10.1. The first kappa shape index (κ1) is 41.4. The van der Waals surface area contributed by atoms with E-state index in [2.05, 4.69) is 21.1 Å². The van der Waals surface area contributed by atoms with E-state index in [1.165, 1.54) is 29.1 Å². The van der Waals surface area contributed by atoms with Gasteiger partial charge in [-0.2, -0.15) is 0 Å². The Labute approximate surface area is 279 Å². The van der Waals surface area contributed by atoms with Crippen molar-refractivity contribution in [2.24, 2.45) is 0 Å². The molecule has 4 rings (SSSR count). The minimum absolute atomic E-state index is 0. The third kappa shape index (κ3) is 16.3. The summed E-state index contributed by atoms with van der Waals surface area (Å²) < 4.78 is 69.5. The standard InChI is InChI=1S/C15H21NO5S.C13H19NO3S.C2H3ClO2.CH4/c1-20-15(17)12-22(18,19)16-9-7-14(8-10-16)21-11-13-5-3-2-4-6-13;1-18(15,16)14-9-7-13(8-10-14)17-11-12-5-3-2-4-6-12;1-5-2(3)4;/h2-6,14H,7-12H2,1H3;2-6,13H,7-11H2,1H3;1H3;1H4. The first-order valence-electron chi connectivity index (χ1n) is 14.4. The zero-order chi connectivity index (χ0) is 33.3. The monoisotopic (exact) mass is 706 g/mol. The molecule has 0 aromatic heterocycles. The molecule has 0 N–H and O–H groups in total. The molecule has 0 bridgehead atoms. The molecule has 260 valence electrons. The molecule has 2 fully saturated rings. The summed E-state index contributed by atoms with van der Waals surface area (Å²) in [6.45, 7) is 3.01. The van der Waals surface area contributed by atoms with Gasteiger partial charge >= 0.3 is 11.4 Å². The van der Waals surface area contributed by atoms with Crippen LogP contribution in [0.25, 0.3) is 0 Å². The van der Waals surface area contributed by atoms with E-state index in [-0.39, 0.29) is 19.6 Å². The van der Waals surface area contributed by atoms with Crippen molar-refractivity contribution in [3.05, 3.63) is 71.8 Å². The summed E-state index contributed by atoms with van der Waals surface area (Å²) in [7, 11) is -4.22. The first-order chi connectivity index (χ1) is 21.3. The molecule has 15 heteroatoms. The van der Waals surface area contributed by atoms with Crippen LogP contribution in [-0.4, -0.2) is 101 Å². The Hall–Kier alpha value is -2.59. The molecule has 12 nitrogen and oxygen atoms in total. The number of nitrogens with zero attached hydrogens (tertiary/aromatic N) is 2. The summed E-state index contributed by atoms with van der Waals surface area (Å²) in [5, 5.41) is 0. The molecule has 46 heavy (non-hydrogen) atoms. The number of benzene rings is 2. The molecule has 0 spiro atoms. The molecule has 0 unspecified atom stereocenters. The van der Waals surface area contributed by atoms with Gasteiger partial charge in [0, 0.05) is 37.8 Å². The Bertz CT molecular complexity index is 1360. The van der Waals surface area contributed by atoms with Gasteiger partial charge in [0.1, 0.15) is 0 Å². The fourth-order valence-electron chi connectivity index (χ4n) is 4.48. The Morgan fingerprint density at radius 2 is 1.09 bits per heavy atom. The molecule has 0 atom stereocenters. The predicted octanol–water partition coefficient (Wildman–Crippen LogP) is 4.43. The lowest BCUT2D eigenvalue weighted by Gasteiger charge is -2.30. The van der Waals surface area contributed by atoms with Crippen molar-refractivity contribution < 1.29 is 45.4 Å². The number of rotatable bonds is 10. The molecule has 2 saturated heterocycles. The van der Waals surface area contributed by atoms with Gasteiger partial charge in [-0.25, -0.2) is 30.2 Å². The van der Waals surface area contributed by atoms with Crippen molar-refractivity contribution in [2.45, 2.75) is 58.5 Å². The molecule has 2 heterocycles. The highest BCUT2D eigenvalue weighted by Gasteiger charge is 2.30. The lowest BCUT2D eigenvalue weighted by molar-refractivity contribution is -0.137.